The quantitative estimate of drug-likeness (QED) is 0.196. The number of aliphatic carboxylic acids is 1. The molecule has 0 saturated carbocycles. The number of carboxylic acids is 1. The molecule has 0 aliphatic carbocycles. The van der Waals surface area contributed by atoms with E-state index in [0.717, 1.165) is 39.0 Å². The lowest BCUT2D eigenvalue weighted by Gasteiger charge is -2.03. The molecule has 0 heterocycles. The summed E-state index contributed by atoms with van der Waals surface area (Å²) in [6, 6.07) is -0.716. The SMILES string of the molecule is NCCCCC(N)C(=O)O.NCCNCCNCCN. The zero-order valence-corrected chi connectivity index (χ0v) is 12.3. The molecule has 0 bridgehead atoms. The second-order valence-electron chi connectivity index (χ2n) is 4.31. The molecular weight excluding hydrogens is 260 g/mol. The Labute approximate surface area is 121 Å². The van der Waals surface area contributed by atoms with E-state index in [1.807, 2.05) is 0 Å². The lowest BCUT2D eigenvalue weighted by Crippen LogP contribution is -2.32. The van der Waals surface area contributed by atoms with Crippen LogP contribution in [0, 0.1) is 0 Å². The van der Waals surface area contributed by atoms with Crippen molar-refractivity contribution in [2.75, 3.05) is 45.8 Å². The third kappa shape index (κ3) is 19.6. The van der Waals surface area contributed by atoms with E-state index in [2.05, 4.69) is 10.6 Å². The maximum Gasteiger partial charge on any atom is 0.320 e. The van der Waals surface area contributed by atoms with E-state index in [9.17, 15) is 4.79 Å². The van der Waals surface area contributed by atoms with Gasteiger partial charge in [0.05, 0.1) is 0 Å². The van der Waals surface area contributed by atoms with Gasteiger partial charge in [-0.2, -0.15) is 0 Å². The molecule has 8 nitrogen and oxygen atoms in total. The number of nitrogens with one attached hydrogen (secondary N) is 2. The summed E-state index contributed by atoms with van der Waals surface area (Å²) in [7, 11) is 0. The Kier molecular flexibility index (Phi) is 19.6. The third-order valence-corrected chi connectivity index (χ3v) is 2.41. The van der Waals surface area contributed by atoms with Gasteiger partial charge in [-0.1, -0.05) is 6.42 Å². The summed E-state index contributed by atoms with van der Waals surface area (Å²) in [5.41, 5.74) is 21.0. The van der Waals surface area contributed by atoms with Gasteiger partial charge >= 0.3 is 5.97 Å². The first-order chi connectivity index (χ1) is 9.59. The van der Waals surface area contributed by atoms with Gasteiger partial charge in [0.25, 0.3) is 0 Å². The summed E-state index contributed by atoms with van der Waals surface area (Å²) in [4.78, 5) is 10.1. The highest BCUT2D eigenvalue weighted by molar-refractivity contribution is 5.72. The van der Waals surface area contributed by atoms with Gasteiger partial charge in [0.1, 0.15) is 6.04 Å². The first-order valence-corrected chi connectivity index (χ1v) is 7.10. The summed E-state index contributed by atoms with van der Waals surface area (Å²) < 4.78 is 0. The summed E-state index contributed by atoms with van der Waals surface area (Å²) in [6.07, 6.45) is 2.16. The standard InChI is InChI=1S/C6H18N4.C6H14N2O2/c7-1-3-9-5-6-10-4-2-8;7-4-2-1-3-5(8)6(9)10/h9-10H,1-8H2;5H,1-4,7-8H2,(H,9,10). The topological polar surface area (TPSA) is 165 Å². The maximum absolute atomic E-state index is 10.1. The van der Waals surface area contributed by atoms with Crippen molar-refractivity contribution < 1.29 is 9.90 Å². The van der Waals surface area contributed by atoms with Gasteiger partial charge in [0, 0.05) is 39.3 Å². The van der Waals surface area contributed by atoms with E-state index >= 15 is 0 Å². The predicted molar refractivity (Wildman–Crippen MR) is 82.4 cm³/mol. The average Bonchev–Trinajstić information content (AvgIpc) is 2.43. The molecule has 122 valence electrons. The van der Waals surface area contributed by atoms with Gasteiger partial charge in [0.15, 0.2) is 0 Å². The number of nitrogens with two attached hydrogens (primary N) is 4. The molecule has 0 radical (unpaired) electrons. The maximum atomic E-state index is 10.1. The monoisotopic (exact) mass is 292 g/mol. The van der Waals surface area contributed by atoms with Crippen molar-refractivity contribution in [1.82, 2.24) is 10.6 Å². The summed E-state index contributed by atoms with van der Waals surface area (Å²) in [5.74, 6) is -0.933. The molecule has 0 aromatic heterocycles. The van der Waals surface area contributed by atoms with Crippen LogP contribution in [0.4, 0.5) is 0 Å². The van der Waals surface area contributed by atoms with Crippen LogP contribution < -0.4 is 33.6 Å². The number of unbranched alkanes of at least 4 members (excludes halogenated alkanes) is 1. The molecule has 0 aliphatic rings. The largest absolute Gasteiger partial charge is 0.480 e. The number of carbonyl (C=O) groups is 1. The molecule has 0 aromatic carbocycles. The molecule has 0 fully saturated rings. The molecule has 0 saturated heterocycles. The van der Waals surface area contributed by atoms with Gasteiger partial charge in [-0.15, -0.1) is 0 Å². The van der Waals surface area contributed by atoms with Crippen molar-refractivity contribution in [2.45, 2.75) is 25.3 Å². The van der Waals surface area contributed by atoms with E-state index in [0.29, 0.717) is 26.1 Å². The molecule has 20 heavy (non-hydrogen) atoms. The predicted octanol–water partition coefficient (Wildman–Crippen LogP) is -2.39. The van der Waals surface area contributed by atoms with Crippen LogP contribution in [-0.2, 0) is 4.79 Å². The molecule has 0 aliphatic heterocycles. The first-order valence-electron chi connectivity index (χ1n) is 7.10. The fourth-order valence-electron chi connectivity index (χ4n) is 1.26. The zero-order valence-electron chi connectivity index (χ0n) is 12.3. The molecule has 1 atom stereocenters. The van der Waals surface area contributed by atoms with Gasteiger partial charge in [-0.25, -0.2) is 0 Å². The minimum atomic E-state index is -0.933. The molecule has 0 amide bonds. The number of hydrogen-bond acceptors (Lipinski definition) is 7. The van der Waals surface area contributed by atoms with Crippen molar-refractivity contribution >= 4 is 5.97 Å². The van der Waals surface area contributed by atoms with E-state index in [1.165, 1.54) is 0 Å². The van der Waals surface area contributed by atoms with Gasteiger partial charge in [-0.05, 0) is 19.4 Å². The van der Waals surface area contributed by atoms with Crippen LogP contribution in [0.1, 0.15) is 19.3 Å². The van der Waals surface area contributed by atoms with E-state index in [-0.39, 0.29) is 0 Å². The van der Waals surface area contributed by atoms with E-state index in [4.69, 9.17) is 28.0 Å². The molecule has 0 rings (SSSR count). The number of rotatable bonds is 12. The molecule has 0 aromatic rings. The Hall–Kier alpha value is -0.770. The highest BCUT2D eigenvalue weighted by atomic mass is 16.4. The van der Waals surface area contributed by atoms with E-state index < -0.39 is 12.0 Å². The number of carboxylic acid groups (broad SMARTS) is 1. The van der Waals surface area contributed by atoms with Crippen LogP contribution in [0.25, 0.3) is 0 Å². The minimum absolute atomic E-state index is 0.520. The van der Waals surface area contributed by atoms with Crippen molar-refractivity contribution in [2.24, 2.45) is 22.9 Å². The first kappa shape index (κ1) is 21.5. The normalized spacial score (nSPS) is 11.6. The highest BCUT2D eigenvalue weighted by Crippen LogP contribution is 1.96. The number of hydrogen-bond donors (Lipinski definition) is 7. The summed E-state index contributed by atoms with van der Waals surface area (Å²) in [5, 5.41) is 14.7. The zero-order chi connectivity index (χ0) is 15.6. The molecule has 11 N–H and O–H groups in total. The van der Waals surface area contributed by atoms with Crippen molar-refractivity contribution in [1.29, 1.82) is 0 Å². The van der Waals surface area contributed by atoms with Gasteiger partial charge < -0.3 is 38.7 Å². The highest BCUT2D eigenvalue weighted by Gasteiger charge is 2.09. The Morgan fingerprint density at radius 2 is 1.40 bits per heavy atom. The van der Waals surface area contributed by atoms with Crippen molar-refractivity contribution in [3.8, 4) is 0 Å². The molecule has 8 heteroatoms. The van der Waals surface area contributed by atoms with Crippen LogP contribution in [0.15, 0.2) is 0 Å². The van der Waals surface area contributed by atoms with Crippen molar-refractivity contribution in [3.63, 3.8) is 0 Å². The fraction of sp³-hybridized carbons (Fsp3) is 0.917. The smallest absolute Gasteiger partial charge is 0.320 e. The average molecular weight is 292 g/mol. The fourth-order valence-corrected chi connectivity index (χ4v) is 1.26. The molecule has 0 spiro atoms. The Bertz CT molecular complexity index is 198. The Morgan fingerprint density at radius 1 is 0.900 bits per heavy atom. The van der Waals surface area contributed by atoms with Crippen LogP contribution in [-0.4, -0.2) is 62.9 Å². The Balaban J connectivity index is 0. The lowest BCUT2D eigenvalue weighted by molar-refractivity contribution is -0.138. The van der Waals surface area contributed by atoms with E-state index in [1.54, 1.807) is 0 Å². The summed E-state index contributed by atoms with van der Waals surface area (Å²) in [6.45, 7) is 5.74. The van der Waals surface area contributed by atoms with Gasteiger partial charge in [0.2, 0.25) is 0 Å². The van der Waals surface area contributed by atoms with Crippen LogP contribution in [0.5, 0.6) is 0 Å². The Morgan fingerprint density at radius 3 is 1.75 bits per heavy atom. The van der Waals surface area contributed by atoms with Crippen LogP contribution in [0.3, 0.4) is 0 Å². The third-order valence-electron chi connectivity index (χ3n) is 2.41. The molecular formula is C12H32N6O2. The van der Waals surface area contributed by atoms with Gasteiger partial charge in [-0.3, -0.25) is 4.79 Å². The molecule has 1 unspecified atom stereocenters. The van der Waals surface area contributed by atoms with Crippen molar-refractivity contribution in [3.05, 3.63) is 0 Å². The minimum Gasteiger partial charge on any atom is -0.480 e. The van der Waals surface area contributed by atoms with Crippen LogP contribution in [0.2, 0.25) is 0 Å². The summed E-state index contributed by atoms with van der Waals surface area (Å²) >= 11 is 0. The second-order valence-corrected chi connectivity index (χ2v) is 4.31. The lowest BCUT2D eigenvalue weighted by atomic mass is 10.1. The second kappa shape index (κ2) is 18.2. The van der Waals surface area contributed by atoms with Crippen LogP contribution >= 0.6 is 0 Å².